The summed E-state index contributed by atoms with van der Waals surface area (Å²) < 4.78 is 10.8. The maximum atomic E-state index is 11.5. The van der Waals surface area contributed by atoms with E-state index in [1.165, 1.54) is 14.2 Å². The predicted molar refractivity (Wildman–Crippen MR) is 75.1 cm³/mol. The van der Waals surface area contributed by atoms with Gasteiger partial charge in [-0.15, -0.1) is 0 Å². The van der Waals surface area contributed by atoms with Crippen molar-refractivity contribution in [1.82, 2.24) is 0 Å². The Balaban J connectivity index is 3.36. The average molecular weight is 326 g/mol. The van der Waals surface area contributed by atoms with Gasteiger partial charge in [-0.2, -0.15) is 5.26 Å². The van der Waals surface area contributed by atoms with Crippen molar-refractivity contribution in [2.75, 3.05) is 14.2 Å². The molecule has 1 aromatic rings. The fourth-order valence-electron chi connectivity index (χ4n) is 1.93. The Bertz CT molecular complexity index is 532. The van der Waals surface area contributed by atoms with E-state index in [9.17, 15) is 4.79 Å². The largest absolute Gasteiger partial charge is 0.495 e. The van der Waals surface area contributed by atoms with E-state index in [1.54, 1.807) is 6.07 Å². The number of benzene rings is 1. The van der Waals surface area contributed by atoms with Crippen LogP contribution in [0.4, 0.5) is 0 Å². The third-order valence-corrected chi connectivity index (χ3v) is 3.38. The van der Waals surface area contributed by atoms with Gasteiger partial charge in [0.05, 0.1) is 26.2 Å². The Kier molecular flexibility index (Phi) is 4.96. The van der Waals surface area contributed by atoms with E-state index < -0.39 is 5.41 Å². The molecule has 0 saturated carbocycles. The quantitative estimate of drug-likeness (QED) is 0.798. The van der Waals surface area contributed by atoms with E-state index in [1.807, 2.05) is 19.9 Å². The summed E-state index contributed by atoms with van der Waals surface area (Å²) in [6.07, 6.45) is 0.210. The van der Waals surface area contributed by atoms with Crippen molar-refractivity contribution in [3.63, 3.8) is 0 Å². The first kappa shape index (κ1) is 15.5. The van der Waals surface area contributed by atoms with Crippen molar-refractivity contribution >= 4 is 21.9 Å². The lowest BCUT2D eigenvalue weighted by atomic mass is 9.80. The van der Waals surface area contributed by atoms with Gasteiger partial charge in [-0.25, -0.2) is 0 Å². The van der Waals surface area contributed by atoms with Gasteiger partial charge in [-0.3, -0.25) is 4.79 Å². The predicted octanol–water partition coefficient (Wildman–Crippen LogP) is 3.17. The molecule has 0 amide bonds. The second-order valence-electron chi connectivity index (χ2n) is 4.78. The van der Waals surface area contributed by atoms with E-state index in [-0.39, 0.29) is 12.4 Å². The van der Waals surface area contributed by atoms with Crippen molar-refractivity contribution in [2.45, 2.75) is 25.7 Å². The van der Waals surface area contributed by atoms with Crippen LogP contribution in [0.25, 0.3) is 0 Å². The smallest absolute Gasteiger partial charge is 0.306 e. The molecule has 0 saturated heterocycles. The van der Waals surface area contributed by atoms with Gasteiger partial charge < -0.3 is 9.47 Å². The number of hydrogen-bond donors (Lipinski definition) is 0. The van der Waals surface area contributed by atoms with Crippen molar-refractivity contribution in [1.29, 1.82) is 5.26 Å². The van der Waals surface area contributed by atoms with Crippen LogP contribution < -0.4 is 4.74 Å². The molecule has 0 bridgehead atoms. The molecule has 0 unspecified atom stereocenters. The first-order valence-corrected chi connectivity index (χ1v) is 6.50. The molecule has 1 aromatic carbocycles. The van der Waals surface area contributed by atoms with Gasteiger partial charge in [-0.1, -0.05) is 29.8 Å². The van der Waals surface area contributed by atoms with Crippen LogP contribution in [0.3, 0.4) is 0 Å². The van der Waals surface area contributed by atoms with Crippen LogP contribution in [-0.4, -0.2) is 20.2 Å². The number of nitriles is 1. The van der Waals surface area contributed by atoms with E-state index >= 15 is 0 Å². The lowest BCUT2D eigenvalue weighted by Crippen LogP contribution is -2.23. The second kappa shape index (κ2) is 6.07. The number of nitrogens with zero attached hydrogens (tertiary/aromatic N) is 1. The molecule has 4 nitrogen and oxygen atoms in total. The van der Waals surface area contributed by atoms with Crippen molar-refractivity contribution in [3.8, 4) is 11.8 Å². The summed E-state index contributed by atoms with van der Waals surface area (Å²) in [5.74, 6) is 0.199. The van der Waals surface area contributed by atoms with E-state index in [0.29, 0.717) is 11.3 Å². The summed E-state index contributed by atoms with van der Waals surface area (Å²) in [4.78, 5) is 11.5. The fraction of sp³-hybridized carbons (Fsp3) is 0.429. The lowest BCUT2D eigenvalue weighted by Gasteiger charge is -2.26. The first-order valence-electron chi connectivity index (χ1n) is 5.70. The Morgan fingerprint density at radius 1 is 1.42 bits per heavy atom. The zero-order valence-corrected chi connectivity index (χ0v) is 13.0. The summed E-state index contributed by atoms with van der Waals surface area (Å²) in [6.45, 7) is 3.82. The Morgan fingerprint density at radius 3 is 2.53 bits per heavy atom. The van der Waals surface area contributed by atoms with Crippen LogP contribution in [0, 0.1) is 11.3 Å². The molecule has 0 aliphatic rings. The van der Waals surface area contributed by atoms with Crippen molar-refractivity contribution in [3.05, 3.63) is 27.7 Å². The number of hydrogen-bond acceptors (Lipinski definition) is 4. The molecule has 0 fully saturated rings. The van der Waals surface area contributed by atoms with E-state index in [4.69, 9.17) is 14.7 Å². The Morgan fingerprint density at radius 2 is 2.05 bits per heavy atom. The Hall–Kier alpha value is -1.54. The molecule has 0 N–H and O–H groups in total. The zero-order valence-electron chi connectivity index (χ0n) is 11.4. The van der Waals surface area contributed by atoms with Crippen LogP contribution in [-0.2, 0) is 14.9 Å². The summed E-state index contributed by atoms with van der Waals surface area (Å²) >= 11 is 3.37. The maximum Gasteiger partial charge on any atom is 0.306 e. The van der Waals surface area contributed by atoms with Crippen LogP contribution in [0.2, 0.25) is 0 Å². The summed E-state index contributed by atoms with van der Waals surface area (Å²) in [7, 11) is 2.87. The first-order chi connectivity index (χ1) is 8.85. The molecule has 0 aromatic heterocycles. The standard InChI is InChI=1S/C14H16BrNO3/c1-14(2,7-12(17)18-3)11-6-10(15)5-9(8-16)13(11)19-4/h5-6H,7H2,1-4H3. The minimum Gasteiger partial charge on any atom is -0.495 e. The molecule has 0 spiro atoms. The van der Waals surface area contributed by atoms with Gasteiger partial charge >= 0.3 is 5.97 Å². The second-order valence-corrected chi connectivity index (χ2v) is 5.70. The highest BCUT2D eigenvalue weighted by Gasteiger charge is 2.29. The fourth-order valence-corrected chi connectivity index (χ4v) is 2.39. The highest BCUT2D eigenvalue weighted by atomic mass is 79.9. The highest BCUT2D eigenvalue weighted by Crippen LogP contribution is 2.38. The normalized spacial score (nSPS) is 10.7. The summed E-state index contributed by atoms with van der Waals surface area (Å²) in [5, 5.41) is 9.15. The van der Waals surface area contributed by atoms with Crippen LogP contribution in [0.15, 0.2) is 16.6 Å². The molecular weight excluding hydrogens is 310 g/mol. The number of ether oxygens (including phenoxy) is 2. The number of carbonyl (C=O) groups is 1. The summed E-state index contributed by atoms with van der Waals surface area (Å²) in [5.41, 5.74) is 0.740. The number of methoxy groups -OCH3 is 2. The lowest BCUT2D eigenvalue weighted by molar-refractivity contribution is -0.141. The van der Waals surface area contributed by atoms with Crippen LogP contribution >= 0.6 is 15.9 Å². The zero-order chi connectivity index (χ0) is 14.6. The van der Waals surface area contributed by atoms with Gasteiger partial charge in [0, 0.05) is 15.5 Å². The highest BCUT2D eigenvalue weighted by molar-refractivity contribution is 9.10. The number of carbonyl (C=O) groups excluding carboxylic acids is 1. The summed E-state index contributed by atoms with van der Waals surface area (Å²) in [6, 6.07) is 5.65. The van der Waals surface area contributed by atoms with Gasteiger partial charge in [0.15, 0.2) is 0 Å². The molecule has 0 radical (unpaired) electrons. The number of halogens is 1. The van der Waals surface area contributed by atoms with Gasteiger partial charge in [0.25, 0.3) is 0 Å². The minimum absolute atomic E-state index is 0.210. The van der Waals surface area contributed by atoms with Crippen LogP contribution in [0.5, 0.6) is 5.75 Å². The number of rotatable bonds is 4. The average Bonchev–Trinajstić information content (AvgIpc) is 2.36. The molecule has 19 heavy (non-hydrogen) atoms. The molecular formula is C14H16BrNO3. The Labute approximate surface area is 121 Å². The van der Waals surface area contributed by atoms with E-state index in [2.05, 4.69) is 22.0 Å². The van der Waals surface area contributed by atoms with Gasteiger partial charge in [-0.05, 0) is 12.1 Å². The maximum absolute atomic E-state index is 11.5. The van der Waals surface area contributed by atoms with Gasteiger partial charge in [0.1, 0.15) is 11.8 Å². The molecule has 102 valence electrons. The molecule has 0 atom stereocenters. The van der Waals surface area contributed by atoms with Crippen molar-refractivity contribution < 1.29 is 14.3 Å². The number of esters is 1. The van der Waals surface area contributed by atoms with Crippen LogP contribution in [0.1, 0.15) is 31.4 Å². The topological polar surface area (TPSA) is 59.3 Å². The molecule has 0 aliphatic carbocycles. The van der Waals surface area contributed by atoms with E-state index in [0.717, 1.165) is 10.0 Å². The minimum atomic E-state index is -0.492. The monoisotopic (exact) mass is 325 g/mol. The SMILES string of the molecule is COC(=O)CC(C)(C)c1cc(Br)cc(C#N)c1OC. The molecule has 1 rings (SSSR count). The van der Waals surface area contributed by atoms with Gasteiger partial charge in [0.2, 0.25) is 0 Å². The molecule has 0 heterocycles. The third-order valence-electron chi connectivity index (χ3n) is 2.92. The third kappa shape index (κ3) is 3.48. The molecule has 5 heteroatoms. The molecule has 0 aliphatic heterocycles. The van der Waals surface area contributed by atoms with Crippen molar-refractivity contribution in [2.24, 2.45) is 0 Å².